The molecular formula is C13H16N2O3. The van der Waals surface area contributed by atoms with Crippen LogP contribution >= 0.6 is 0 Å². The van der Waals surface area contributed by atoms with Crippen molar-refractivity contribution in [3.63, 3.8) is 0 Å². The highest BCUT2D eigenvalue weighted by molar-refractivity contribution is 5.96. The predicted molar refractivity (Wildman–Crippen MR) is 67.5 cm³/mol. The lowest BCUT2D eigenvalue weighted by atomic mass is 10.1. The first-order valence-electron chi connectivity index (χ1n) is 5.86. The quantitative estimate of drug-likeness (QED) is 0.799. The molecule has 1 aliphatic rings. The van der Waals surface area contributed by atoms with E-state index in [9.17, 15) is 9.90 Å². The number of aromatic hydroxyl groups is 1. The lowest BCUT2D eigenvalue weighted by Gasteiger charge is -2.21. The number of rotatable bonds is 3. The third kappa shape index (κ3) is 2.16. The van der Waals surface area contributed by atoms with Crippen LogP contribution in [0, 0.1) is 5.41 Å². The molecule has 2 rings (SSSR count). The second-order valence-corrected chi connectivity index (χ2v) is 4.26. The maximum atomic E-state index is 12.3. The molecule has 0 aromatic heterocycles. The Bertz CT molecular complexity index is 473. The molecule has 0 unspecified atom stereocenters. The largest absolute Gasteiger partial charge is 0.504 e. The van der Waals surface area contributed by atoms with Crippen LogP contribution in [0.1, 0.15) is 23.2 Å². The molecule has 1 aromatic carbocycles. The zero-order chi connectivity index (χ0) is 13.1. The topological polar surface area (TPSA) is 73.6 Å². The van der Waals surface area contributed by atoms with Gasteiger partial charge in [-0.05, 0) is 31.0 Å². The molecule has 0 aliphatic carbocycles. The third-order valence-electron chi connectivity index (χ3n) is 3.18. The van der Waals surface area contributed by atoms with Gasteiger partial charge in [0.25, 0.3) is 5.91 Å². The van der Waals surface area contributed by atoms with Crippen LogP contribution < -0.4 is 4.74 Å². The SMILES string of the molecule is COc1cc(C(=O)N2CCC[C@H]2C=N)ccc1O. The summed E-state index contributed by atoms with van der Waals surface area (Å²) < 4.78 is 4.99. The zero-order valence-corrected chi connectivity index (χ0v) is 10.2. The summed E-state index contributed by atoms with van der Waals surface area (Å²) in [7, 11) is 1.44. The predicted octanol–water partition coefficient (Wildman–Crippen LogP) is 1.65. The summed E-state index contributed by atoms with van der Waals surface area (Å²) >= 11 is 0. The van der Waals surface area contributed by atoms with Gasteiger partial charge < -0.3 is 20.2 Å². The van der Waals surface area contributed by atoms with Gasteiger partial charge in [-0.25, -0.2) is 0 Å². The van der Waals surface area contributed by atoms with Crippen molar-refractivity contribution in [2.24, 2.45) is 0 Å². The number of benzene rings is 1. The summed E-state index contributed by atoms with van der Waals surface area (Å²) in [5, 5.41) is 16.8. The molecule has 0 bridgehead atoms. The van der Waals surface area contributed by atoms with Crippen LogP contribution in [0.2, 0.25) is 0 Å². The molecule has 0 spiro atoms. The average Bonchev–Trinajstić information content (AvgIpc) is 2.86. The van der Waals surface area contributed by atoms with E-state index in [1.807, 2.05) is 0 Å². The molecule has 1 aromatic rings. The number of carbonyl (C=O) groups excluding carboxylic acids is 1. The Morgan fingerprint density at radius 1 is 1.61 bits per heavy atom. The van der Waals surface area contributed by atoms with E-state index >= 15 is 0 Å². The van der Waals surface area contributed by atoms with E-state index in [2.05, 4.69) is 0 Å². The number of nitrogens with one attached hydrogen (secondary N) is 1. The van der Waals surface area contributed by atoms with Crippen molar-refractivity contribution >= 4 is 12.1 Å². The minimum absolute atomic E-state index is 0.0130. The normalized spacial score (nSPS) is 18.7. The molecule has 5 nitrogen and oxygen atoms in total. The van der Waals surface area contributed by atoms with Gasteiger partial charge >= 0.3 is 0 Å². The molecule has 0 saturated carbocycles. The number of amides is 1. The molecule has 18 heavy (non-hydrogen) atoms. The fourth-order valence-electron chi connectivity index (χ4n) is 2.19. The van der Waals surface area contributed by atoms with Gasteiger partial charge in [0.05, 0.1) is 13.2 Å². The number of likely N-dealkylation sites (tertiary alicyclic amines) is 1. The van der Waals surface area contributed by atoms with Crippen LogP contribution in [-0.2, 0) is 0 Å². The molecule has 1 heterocycles. The molecule has 1 aliphatic heterocycles. The highest BCUT2D eigenvalue weighted by atomic mass is 16.5. The first-order valence-corrected chi connectivity index (χ1v) is 5.86. The highest BCUT2D eigenvalue weighted by Gasteiger charge is 2.28. The van der Waals surface area contributed by atoms with Crippen LogP contribution in [0.5, 0.6) is 11.5 Å². The summed E-state index contributed by atoms with van der Waals surface area (Å²) in [6.45, 7) is 0.669. The average molecular weight is 248 g/mol. The number of phenolic OH excluding ortho intramolecular Hbond substituents is 1. The fourth-order valence-corrected chi connectivity index (χ4v) is 2.19. The monoisotopic (exact) mass is 248 g/mol. The second-order valence-electron chi connectivity index (χ2n) is 4.26. The number of phenols is 1. The van der Waals surface area contributed by atoms with Crippen molar-refractivity contribution in [1.82, 2.24) is 4.90 Å². The summed E-state index contributed by atoms with van der Waals surface area (Å²) in [5.74, 6) is 0.171. The minimum atomic E-state index is -0.126. The number of hydrogen-bond acceptors (Lipinski definition) is 4. The fraction of sp³-hybridized carbons (Fsp3) is 0.385. The Morgan fingerprint density at radius 3 is 3.06 bits per heavy atom. The summed E-state index contributed by atoms with van der Waals surface area (Å²) in [5.41, 5.74) is 0.471. The molecule has 1 amide bonds. The van der Waals surface area contributed by atoms with Gasteiger partial charge in [0.2, 0.25) is 0 Å². The smallest absolute Gasteiger partial charge is 0.254 e. The van der Waals surface area contributed by atoms with E-state index in [4.69, 9.17) is 10.1 Å². The summed E-state index contributed by atoms with van der Waals surface area (Å²) in [6, 6.07) is 4.43. The molecule has 1 saturated heterocycles. The lowest BCUT2D eigenvalue weighted by molar-refractivity contribution is 0.0771. The van der Waals surface area contributed by atoms with Gasteiger partial charge in [0, 0.05) is 18.3 Å². The molecular weight excluding hydrogens is 232 g/mol. The maximum Gasteiger partial charge on any atom is 0.254 e. The number of nitrogens with zero attached hydrogens (tertiary/aromatic N) is 1. The highest BCUT2D eigenvalue weighted by Crippen LogP contribution is 2.28. The first-order chi connectivity index (χ1) is 8.67. The van der Waals surface area contributed by atoms with Gasteiger partial charge in [-0.15, -0.1) is 0 Å². The summed E-state index contributed by atoms with van der Waals surface area (Å²) in [6.07, 6.45) is 3.06. The van der Waals surface area contributed by atoms with Crippen LogP contribution in [0.25, 0.3) is 0 Å². The molecule has 1 fully saturated rings. The number of carbonyl (C=O) groups is 1. The van der Waals surface area contributed by atoms with Crippen molar-refractivity contribution < 1.29 is 14.6 Å². The third-order valence-corrected chi connectivity index (χ3v) is 3.18. The van der Waals surface area contributed by atoms with Crippen LogP contribution in [0.3, 0.4) is 0 Å². The Morgan fingerprint density at radius 2 is 2.39 bits per heavy atom. The van der Waals surface area contributed by atoms with E-state index in [1.165, 1.54) is 25.5 Å². The van der Waals surface area contributed by atoms with Crippen LogP contribution in [0.4, 0.5) is 0 Å². The number of ether oxygens (including phenoxy) is 1. The van der Waals surface area contributed by atoms with Crippen molar-refractivity contribution in [3.05, 3.63) is 23.8 Å². The van der Waals surface area contributed by atoms with Crippen LogP contribution in [0.15, 0.2) is 18.2 Å². The summed E-state index contributed by atoms with van der Waals surface area (Å²) in [4.78, 5) is 14.0. The van der Waals surface area contributed by atoms with Crippen molar-refractivity contribution in [1.29, 1.82) is 5.41 Å². The van der Waals surface area contributed by atoms with Gasteiger partial charge in [0.15, 0.2) is 11.5 Å². The Kier molecular flexibility index (Phi) is 3.50. The Hall–Kier alpha value is -2.04. The Balaban J connectivity index is 2.25. The Labute approximate surface area is 105 Å². The maximum absolute atomic E-state index is 12.3. The number of methoxy groups -OCH3 is 1. The van der Waals surface area contributed by atoms with E-state index in [-0.39, 0.29) is 23.4 Å². The van der Waals surface area contributed by atoms with E-state index < -0.39 is 0 Å². The molecule has 5 heteroatoms. The van der Waals surface area contributed by atoms with Gasteiger partial charge in [-0.3, -0.25) is 4.79 Å². The van der Waals surface area contributed by atoms with E-state index in [0.29, 0.717) is 12.1 Å². The second kappa shape index (κ2) is 5.08. The van der Waals surface area contributed by atoms with E-state index in [1.54, 1.807) is 11.0 Å². The van der Waals surface area contributed by atoms with Gasteiger partial charge in [-0.2, -0.15) is 0 Å². The van der Waals surface area contributed by atoms with Crippen molar-refractivity contribution in [3.8, 4) is 11.5 Å². The zero-order valence-electron chi connectivity index (χ0n) is 10.2. The molecule has 2 N–H and O–H groups in total. The standard InChI is InChI=1S/C13H16N2O3/c1-18-12-7-9(4-5-11(12)16)13(17)15-6-2-3-10(15)8-14/h4-5,7-8,10,14,16H,2-3,6H2,1H3/t10-/m0/s1. The van der Waals surface area contributed by atoms with E-state index in [0.717, 1.165) is 12.8 Å². The van der Waals surface area contributed by atoms with Gasteiger partial charge in [0.1, 0.15) is 0 Å². The van der Waals surface area contributed by atoms with Crippen molar-refractivity contribution in [2.45, 2.75) is 18.9 Å². The molecule has 1 atom stereocenters. The van der Waals surface area contributed by atoms with Crippen LogP contribution in [-0.4, -0.2) is 41.8 Å². The first kappa shape index (κ1) is 12.4. The van der Waals surface area contributed by atoms with Crippen molar-refractivity contribution in [2.75, 3.05) is 13.7 Å². The minimum Gasteiger partial charge on any atom is -0.504 e. The van der Waals surface area contributed by atoms with Gasteiger partial charge in [-0.1, -0.05) is 0 Å². The molecule has 0 radical (unpaired) electrons. The molecule has 96 valence electrons. The lowest BCUT2D eigenvalue weighted by Crippen LogP contribution is -2.36. The number of hydrogen-bond donors (Lipinski definition) is 2.